The molecule has 0 aliphatic carbocycles. The molecule has 158 valence electrons. The number of anilines is 1. The fourth-order valence-electron chi connectivity index (χ4n) is 3.43. The number of furan rings is 1. The lowest BCUT2D eigenvalue weighted by Crippen LogP contribution is -2.34. The van der Waals surface area contributed by atoms with Gasteiger partial charge in [-0.3, -0.25) is 4.79 Å². The molecule has 3 aromatic rings. The summed E-state index contributed by atoms with van der Waals surface area (Å²) in [5.41, 5.74) is 2.58. The van der Waals surface area contributed by atoms with Crippen LogP contribution in [-0.2, 0) is 11.2 Å². The van der Waals surface area contributed by atoms with Crippen LogP contribution in [0, 0.1) is 0 Å². The molecule has 2 unspecified atom stereocenters. The van der Waals surface area contributed by atoms with E-state index in [2.05, 4.69) is 17.6 Å². The van der Waals surface area contributed by atoms with Gasteiger partial charge in [0.2, 0.25) is 0 Å². The SMILES string of the molecule is CCc1cccc2cc(C(O)CNC(C)COc3ccc4c(c3)NC(=O)CO4)oc12. The van der Waals surface area contributed by atoms with E-state index in [4.69, 9.17) is 13.9 Å². The first-order chi connectivity index (χ1) is 14.5. The Hall–Kier alpha value is -3.03. The second-order valence-corrected chi connectivity index (χ2v) is 7.47. The molecule has 0 bridgehead atoms. The van der Waals surface area contributed by atoms with Gasteiger partial charge in [-0.15, -0.1) is 0 Å². The Balaban J connectivity index is 1.30. The van der Waals surface area contributed by atoms with Crippen molar-refractivity contribution in [1.82, 2.24) is 5.32 Å². The third-order valence-electron chi connectivity index (χ3n) is 5.10. The maximum Gasteiger partial charge on any atom is 0.262 e. The van der Waals surface area contributed by atoms with E-state index in [0.717, 1.165) is 23.0 Å². The monoisotopic (exact) mass is 410 g/mol. The van der Waals surface area contributed by atoms with Gasteiger partial charge in [-0.2, -0.15) is 0 Å². The first kappa shape index (κ1) is 20.3. The van der Waals surface area contributed by atoms with Crippen LogP contribution in [0.4, 0.5) is 5.69 Å². The molecule has 1 aliphatic rings. The summed E-state index contributed by atoms with van der Waals surface area (Å²) in [7, 11) is 0. The van der Waals surface area contributed by atoms with E-state index in [9.17, 15) is 9.90 Å². The van der Waals surface area contributed by atoms with E-state index >= 15 is 0 Å². The molecule has 2 aromatic carbocycles. The standard InChI is InChI=1S/C23H26N2O5/c1-3-15-5-4-6-16-9-21(30-23(15)16)19(26)11-24-14(2)12-28-17-7-8-20-18(10-17)25-22(27)13-29-20/h4-10,14,19,24,26H,3,11-13H2,1-2H3,(H,25,27). The molecule has 1 amide bonds. The van der Waals surface area contributed by atoms with Gasteiger partial charge in [0.05, 0.1) is 5.69 Å². The van der Waals surface area contributed by atoms with Gasteiger partial charge in [0.1, 0.15) is 35.6 Å². The number of fused-ring (bicyclic) bond motifs is 2. The first-order valence-electron chi connectivity index (χ1n) is 10.2. The van der Waals surface area contributed by atoms with Gasteiger partial charge in [-0.25, -0.2) is 0 Å². The Kier molecular flexibility index (Phi) is 5.92. The topological polar surface area (TPSA) is 93.0 Å². The Morgan fingerprint density at radius 1 is 1.27 bits per heavy atom. The molecule has 1 aromatic heterocycles. The predicted molar refractivity (Wildman–Crippen MR) is 114 cm³/mol. The van der Waals surface area contributed by atoms with Crippen LogP contribution < -0.4 is 20.1 Å². The number of carbonyl (C=O) groups is 1. The number of hydrogen-bond acceptors (Lipinski definition) is 6. The van der Waals surface area contributed by atoms with Crippen molar-refractivity contribution in [3.63, 3.8) is 0 Å². The minimum Gasteiger partial charge on any atom is -0.492 e. The number of aliphatic hydroxyl groups is 1. The zero-order chi connectivity index (χ0) is 21.1. The third kappa shape index (κ3) is 4.42. The third-order valence-corrected chi connectivity index (χ3v) is 5.10. The summed E-state index contributed by atoms with van der Waals surface area (Å²) in [5.74, 6) is 1.64. The van der Waals surface area contributed by atoms with E-state index in [1.54, 1.807) is 18.2 Å². The number of nitrogens with one attached hydrogen (secondary N) is 2. The minimum atomic E-state index is -0.749. The van der Waals surface area contributed by atoms with Gasteiger partial charge in [0.15, 0.2) is 6.61 Å². The molecule has 4 rings (SSSR count). The van der Waals surface area contributed by atoms with Crippen LogP contribution in [0.15, 0.2) is 46.9 Å². The van der Waals surface area contributed by atoms with Crippen molar-refractivity contribution in [1.29, 1.82) is 0 Å². The quantitative estimate of drug-likeness (QED) is 0.527. The normalized spacial score (nSPS) is 15.2. The van der Waals surface area contributed by atoms with E-state index in [-0.39, 0.29) is 18.6 Å². The molecule has 0 radical (unpaired) electrons. The number of rotatable bonds is 8. The maximum absolute atomic E-state index is 11.4. The van der Waals surface area contributed by atoms with Gasteiger partial charge in [-0.05, 0) is 37.1 Å². The zero-order valence-corrected chi connectivity index (χ0v) is 17.1. The van der Waals surface area contributed by atoms with Crippen LogP contribution in [0.5, 0.6) is 11.5 Å². The molecule has 30 heavy (non-hydrogen) atoms. The number of para-hydroxylation sites is 1. The van der Waals surface area contributed by atoms with Gasteiger partial charge in [0, 0.05) is 24.0 Å². The van der Waals surface area contributed by atoms with E-state index in [1.807, 2.05) is 31.2 Å². The zero-order valence-electron chi connectivity index (χ0n) is 17.1. The molecular weight excluding hydrogens is 384 g/mol. The molecule has 7 nitrogen and oxygen atoms in total. The van der Waals surface area contributed by atoms with E-state index in [1.165, 1.54) is 0 Å². The van der Waals surface area contributed by atoms with Crippen molar-refractivity contribution in [2.24, 2.45) is 0 Å². The molecule has 1 aliphatic heterocycles. The van der Waals surface area contributed by atoms with Crippen molar-refractivity contribution in [3.05, 3.63) is 53.8 Å². The second kappa shape index (κ2) is 8.77. The summed E-state index contributed by atoms with van der Waals surface area (Å²) in [4.78, 5) is 11.4. The Morgan fingerprint density at radius 2 is 2.13 bits per heavy atom. The largest absolute Gasteiger partial charge is 0.492 e. The molecule has 0 fully saturated rings. The van der Waals surface area contributed by atoms with Gasteiger partial charge in [-0.1, -0.05) is 25.1 Å². The highest BCUT2D eigenvalue weighted by Gasteiger charge is 2.18. The molecule has 3 N–H and O–H groups in total. The highest BCUT2D eigenvalue weighted by molar-refractivity contribution is 5.95. The summed E-state index contributed by atoms with van der Waals surface area (Å²) in [6.45, 7) is 4.84. The van der Waals surface area contributed by atoms with Crippen LogP contribution >= 0.6 is 0 Å². The van der Waals surface area contributed by atoms with Crippen molar-refractivity contribution in [2.75, 3.05) is 25.1 Å². The lowest BCUT2D eigenvalue weighted by atomic mass is 10.1. The lowest BCUT2D eigenvalue weighted by molar-refractivity contribution is -0.118. The number of hydrogen-bond donors (Lipinski definition) is 3. The molecule has 0 spiro atoms. The summed E-state index contributed by atoms with van der Waals surface area (Å²) >= 11 is 0. The highest BCUT2D eigenvalue weighted by atomic mass is 16.5. The lowest BCUT2D eigenvalue weighted by Gasteiger charge is -2.20. The van der Waals surface area contributed by atoms with Crippen LogP contribution in [0.3, 0.4) is 0 Å². The number of benzene rings is 2. The highest BCUT2D eigenvalue weighted by Crippen LogP contribution is 2.31. The number of aliphatic hydroxyl groups excluding tert-OH is 1. The van der Waals surface area contributed by atoms with E-state index < -0.39 is 6.10 Å². The van der Waals surface area contributed by atoms with Crippen molar-refractivity contribution in [3.8, 4) is 11.5 Å². The predicted octanol–water partition coefficient (Wildman–Crippen LogP) is 3.42. The molecule has 2 atom stereocenters. The summed E-state index contributed by atoms with van der Waals surface area (Å²) in [6.07, 6.45) is 0.131. The van der Waals surface area contributed by atoms with Crippen LogP contribution in [-0.4, -0.2) is 36.8 Å². The Bertz CT molecular complexity index is 1050. The van der Waals surface area contributed by atoms with Gasteiger partial charge >= 0.3 is 0 Å². The fraction of sp³-hybridized carbons (Fsp3) is 0.348. The molecule has 0 saturated heterocycles. The van der Waals surface area contributed by atoms with E-state index in [0.29, 0.717) is 36.1 Å². The minimum absolute atomic E-state index is 0.00268. The van der Waals surface area contributed by atoms with Crippen LogP contribution in [0.25, 0.3) is 11.0 Å². The first-order valence-corrected chi connectivity index (χ1v) is 10.2. The number of carbonyl (C=O) groups excluding carboxylic acids is 1. The molecule has 2 heterocycles. The Labute approximate surface area is 175 Å². The van der Waals surface area contributed by atoms with Crippen LogP contribution in [0.1, 0.15) is 31.3 Å². The maximum atomic E-state index is 11.4. The van der Waals surface area contributed by atoms with Crippen molar-refractivity contribution in [2.45, 2.75) is 32.4 Å². The van der Waals surface area contributed by atoms with Crippen LogP contribution in [0.2, 0.25) is 0 Å². The molecular formula is C23H26N2O5. The summed E-state index contributed by atoms with van der Waals surface area (Å²) in [6, 6.07) is 13.2. The van der Waals surface area contributed by atoms with Gasteiger partial charge < -0.3 is 29.6 Å². The van der Waals surface area contributed by atoms with Crippen molar-refractivity contribution >= 4 is 22.6 Å². The average molecular weight is 410 g/mol. The number of ether oxygens (including phenoxy) is 2. The Morgan fingerprint density at radius 3 is 2.97 bits per heavy atom. The fourth-order valence-corrected chi connectivity index (χ4v) is 3.43. The molecule has 0 saturated carbocycles. The average Bonchev–Trinajstić information content (AvgIpc) is 3.20. The second-order valence-electron chi connectivity index (χ2n) is 7.47. The number of amides is 1. The van der Waals surface area contributed by atoms with Crippen molar-refractivity contribution < 1.29 is 23.8 Å². The molecule has 7 heteroatoms. The number of aryl methyl sites for hydroxylation is 1. The summed E-state index contributed by atoms with van der Waals surface area (Å²) in [5, 5.41) is 17.6. The smallest absolute Gasteiger partial charge is 0.262 e. The summed E-state index contributed by atoms with van der Waals surface area (Å²) < 4.78 is 17.1. The van der Waals surface area contributed by atoms with Gasteiger partial charge in [0.25, 0.3) is 5.91 Å².